The first-order valence-electron chi connectivity index (χ1n) is 5.75. The van der Waals surface area contributed by atoms with Crippen LogP contribution < -0.4 is 5.73 Å². The quantitative estimate of drug-likeness (QED) is 0.700. The number of rotatable bonds is 2. The molecule has 1 heterocycles. The van der Waals surface area contributed by atoms with Crippen LogP contribution in [-0.2, 0) is 0 Å². The van der Waals surface area contributed by atoms with E-state index in [9.17, 15) is 0 Å². The van der Waals surface area contributed by atoms with Crippen LogP contribution in [0.1, 0.15) is 32.6 Å². The predicted molar refractivity (Wildman–Crippen MR) is 55.5 cm³/mol. The molecule has 0 amide bonds. The summed E-state index contributed by atoms with van der Waals surface area (Å²) in [7, 11) is 0. The Kier molecular flexibility index (Phi) is 2.89. The van der Waals surface area contributed by atoms with Crippen LogP contribution in [0.25, 0.3) is 0 Å². The summed E-state index contributed by atoms with van der Waals surface area (Å²) in [6.07, 6.45) is 5.87. The molecule has 0 aromatic rings. The maximum Gasteiger partial charge on any atom is 0.0190 e. The number of nitrogens with two attached hydrogens (primary N) is 1. The molecule has 13 heavy (non-hydrogen) atoms. The summed E-state index contributed by atoms with van der Waals surface area (Å²) in [6, 6.07) is 0.602. The van der Waals surface area contributed by atoms with Gasteiger partial charge >= 0.3 is 0 Å². The third-order valence-corrected chi connectivity index (χ3v) is 3.97. The first-order valence-corrected chi connectivity index (χ1v) is 5.75. The molecule has 0 radical (unpaired) electrons. The smallest absolute Gasteiger partial charge is 0.0190 e. The molecule has 2 aliphatic rings. The van der Waals surface area contributed by atoms with Crippen molar-refractivity contribution in [3.63, 3.8) is 0 Å². The minimum absolute atomic E-state index is 0.602. The lowest BCUT2D eigenvalue weighted by atomic mass is 9.82. The average molecular weight is 182 g/mol. The molecule has 1 aliphatic carbocycles. The van der Waals surface area contributed by atoms with Crippen molar-refractivity contribution in [2.45, 2.75) is 38.6 Å². The van der Waals surface area contributed by atoms with Gasteiger partial charge in [-0.25, -0.2) is 0 Å². The van der Waals surface area contributed by atoms with Gasteiger partial charge in [0.25, 0.3) is 0 Å². The van der Waals surface area contributed by atoms with Crippen molar-refractivity contribution in [1.29, 1.82) is 0 Å². The standard InChI is InChI=1S/C11H22N2/c1-9(6-12)13-7-10-4-2-3-5-11(10)8-13/h9-11H,2-8,12H2,1H3. The molecule has 2 heteroatoms. The summed E-state index contributed by atoms with van der Waals surface area (Å²) in [4.78, 5) is 2.60. The lowest BCUT2D eigenvalue weighted by Crippen LogP contribution is -2.36. The summed E-state index contributed by atoms with van der Waals surface area (Å²) in [5, 5.41) is 0. The molecule has 2 fully saturated rings. The van der Waals surface area contributed by atoms with Gasteiger partial charge in [0.2, 0.25) is 0 Å². The van der Waals surface area contributed by atoms with E-state index in [0.717, 1.165) is 18.4 Å². The Labute approximate surface area is 81.5 Å². The Hall–Kier alpha value is -0.0800. The molecule has 1 aliphatic heterocycles. The third kappa shape index (κ3) is 1.89. The minimum Gasteiger partial charge on any atom is -0.329 e. The molecule has 0 aromatic carbocycles. The molecule has 2 rings (SSSR count). The highest BCUT2D eigenvalue weighted by Gasteiger charge is 2.35. The molecular formula is C11H22N2. The largest absolute Gasteiger partial charge is 0.329 e. The van der Waals surface area contributed by atoms with E-state index in [4.69, 9.17) is 5.73 Å². The predicted octanol–water partition coefficient (Wildman–Crippen LogP) is 1.46. The number of fused-ring (bicyclic) bond motifs is 1. The number of nitrogens with zero attached hydrogens (tertiary/aromatic N) is 1. The van der Waals surface area contributed by atoms with E-state index in [1.54, 1.807) is 0 Å². The van der Waals surface area contributed by atoms with Crippen molar-refractivity contribution in [3.05, 3.63) is 0 Å². The zero-order valence-electron chi connectivity index (χ0n) is 8.71. The average Bonchev–Trinajstić information content (AvgIpc) is 2.59. The minimum atomic E-state index is 0.602. The summed E-state index contributed by atoms with van der Waals surface area (Å²) in [5.41, 5.74) is 5.70. The van der Waals surface area contributed by atoms with Gasteiger partial charge in [-0.2, -0.15) is 0 Å². The maximum absolute atomic E-state index is 5.70. The van der Waals surface area contributed by atoms with Gasteiger partial charge in [0.15, 0.2) is 0 Å². The van der Waals surface area contributed by atoms with Crippen LogP contribution in [-0.4, -0.2) is 30.6 Å². The van der Waals surface area contributed by atoms with Crippen molar-refractivity contribution >= 4 is 0 Å². The van der Waals surface area contributed by atoms with Crippen molar-refractivity contribution < 1.29 is 0 Å². The summed E-state index contributed by atoms with van der Waals surface area (Å²) < 4.78 is 0. The van der Waals surface area contributed by atoms with Gasteiger partial charge < -0.3 is 5.73 Å². The SMILES string of the molecule is CC(CN)N1CC2CCCCC2C1. The number of likely N-dealkylation sites (tertiary alicyclic amines) is 1. The topological polar surface area (TPSA) is 29.3 Å². The Balaban J connectivity index is 1.91. The van der Waals surface area contributed by atoms with Gasteiger partial charge in [0.1, 0.15) is 0 Å². The van der Waals surface area contributed by atoms with E-state index in [0.29, 0.717) is 6.04 Å². The van der Waals surface area contributed by atoms with Crippen LogP contribution in [0.3, 0.4) is 0 Å². The van der Waals surface area contributed by atoms with Crippen molar-refractivity contribution in [2.75, 3.05) is 19.6 Å². The van der Waals surface area contributed by atoms with Gasteiger partial charge in [0.05, 0.1) is 0 Å². The first-order chi connectivity index (χ1) is 6.31. The van der Waals surface area contributed by atoms with Crippen LogP contribution in [0.2, 0.25) is 0 Å². The van der Waals surface area contributed by atoms with E-state index in [1.807, 2.05) is 0 Å². The molecule has 0 aromatic heterocycles. The van der Waals surface area contributed by atoms with Gasteiger partial charge in [-0.15, -0.1) is 0 Å². The summed E-state index contributed by atoms with van der Waals surface area (Å²) >= 11 is 0. The second kappa shape index (κ2) is 3.97. The van der Waals surface area contributed by atoms with Gasteiger partial charge in [-0.05, 0) is 31.6 Å². The fourth-order valence-corrected chi connectivity index (χ4v) is 2.95. The molecule has 1 saturated carbocycles. The zero-order chi connectivity index (χ0) is 9.26. The fraction of sp³-hybridized carbons (Fsp3) is 1.00. The second-order valence-corrected chi connectivity index (χ2v) is 4.84. The van der Waals surface area contributed by atoms with Crippen LogP contribution in [0, 0.1) is 11.8 Å². The monoisotopic (exact) mass is 182 g/mol. The molecule has 76 valence electrons. The normalized spacial score (nSPS) is 37.4. The fourth-order valence-electron chi connectivity index (χ4n) is 2.95. The Morgan fingerprint density at radius 3 is 2.23 bits per heavy atom. The molecule has 3 unspecified atom stereocenters. The summed E-state index contributed by atoms with van der Waals surface area (Å²) in [5.74, 6) is 2.01. The molecule has 3 atom stereocenters. The Morgan fingerprint density at radius 1 is 1.23 bits per heavy atom. The van der Waals surface area contributed by atoms with Gasteiger partial charge in [-0.1, -0.05) is 12.8 Å². The van der Waals surface area contributed by atoms with Gasteiger partial charge in [-0.3, -0.25) is 4.90 Å². The zero-order valence-corrected chi connectivity index (χ0v) is 8.71. The summed E-state index contributed by atoms with van der Waals surface area (Å²) in [6.45, 7) is 5.73. The maximum atomic E-state index is 5.70. The number of hydrogen-bond acceptors (Lipinski definition) is 2. The van der Waals surface area contributed by atoms with Crippen LogP contribution >= 0.6 is 0 Å². The van der Waals surface area contributed by atoms with Crippen molar-refractivity contribution in [1.82, 2.24) is 4.90 Å². The number of hydrogen-bond donors (Lipinski definition) is 1. The molecule has 2 nitrogen and oxygen atoms in total. The van der Waals surface area contributed by atoms with E-state index < -0.39 is 0 Å². The lowest BCUT2D eigenvalue weighted by molar-refractivity contribution is 0.251. The Morgan fingerprint density at radius 2 is 1.77 bits per heavy atom. The van der Waals surface area contributed by atoms with Gasteiger partial charge in [0, 0.05) is 25.7 Å². The van der Waals surface area contributed by atoms with Crippen molar-refractivity contribution in [2.24, 2.45) is 17.6 Å². The van der Waals surface area contributed by atoms with Crippen LogP contribution in [0.5, 0.6) is 0 Å². The highest BCUT2D eigenvalue weighted by Crippen LogP contribution is 2.36. The van der Waals surface area contributed by atoms with Crippen LogP contribution in [0.4, 0.5) is 0 Å². The molecule has 2 N–H and O–H groups in total. The lowest BCUT2D eigenvalue weighted by Gasteiger charge is -2.23. The van der Waals surface area contributed by atoms with Crippen LogP contribution in [0.15, 0.2) is 0 Å². The van der Waals surface area contributed by atoms with Crippen molar-refractivity contribution in [3.8, 4) is 0 Å². The van der Waals surface area contributed by atoms with E-state index in [-0.39, 0.29) is 0 Å². The second-order valence-electron chi connectivity index (χ2n) is 4.84. The highest BCUT2D eigenvalue weighted by molar-refractivity contribution is 4.88. The molecule has 0 bridgehead atoms. The Bertz CT molecular complexity index is 155. The highest BCUT2D eigenvalue weighted by atomic mass is 15.2. The van der Waals surface area contributed by atoms with E-state index in [1.165, 1.54) is 38.8 Å². The molecule has 1 saturated heterocycles. The molecular weight excluding hydrogens is 160 g/mol. The molecule has 0 spiro atoms. The first kappa shape index (κ1) is 9.47. The third-order valence-electron chi connectivity index (χ3n) is 3.97. The van der Waals surface area contributed by atoms with E-state index >= 15 is 0 Å². The van der Waals surface area contributed by atoms with E-state index in [2.05, 4.69) is 11.8 Å².